The van der Waals surface area contributed by atoms with Gasteiger partial charge in [-0.25, -0.2) is 9.78 Å². The van der Waals surface area contributed by atoms with Crippen LogP contribution in [0.3, 0.4) is 0 Å². The molecule has 0 saturated carbocycles. The number of aromatic nitrogens is 2. The van der Waals surface area contributed by atoms with E-state index < -0.39 is 0 Å². The molecule has 7 heteroatoms. The first-order chi connectivity index (χ1) is 14.1. The average molecular weight is 400 g/mol. The van der Waals surface area contributed by atoms with Crippen LogP contribution in [-0.4, -0.2) is 58.5 Å². The normalized spacial score (nSPS) is 15.5. The number of nitrogens with zero attached hydrogens (tertiary/aromatic N) is 3. The summed E-state index contributed by atoms with van der Waals surface area (Å²) < 4.78 is 0. The zero-order valence-corrected chi connectivity index (χ0v) is 17.6. The molecule has 7 nitrogen and oxygen atoms in total. The summed E-state index contributed by atoms with van der Waals surface area (Å²) >= 11 is 0. The lowest BCUT2D eigenvalue weighted by Gasteiger charge is -2.30. The fraction of sp³-hybridized carbons (Fsp3) is 0.591. The van der Waals surface area contributed by atoms with Gasteiger partial charge < -0.3 is 20.1 Å². The van der Waals surface area contributed by atoms with Crippen molar-refractivity contribution in [3.8, 4) is 0 Å². The molecule has 158 valence electrons. The molecule has 1 aromatic carbocycles. The molecular weight excluding hydrogens is 366 g/mol. The number of H-pyrrole nitrogens is 1. The van der Waals surface area contributed by atoms with Crippen molar-refractivity contribution in [2.75, 3.05) is 32.7 Å². The Morgan fingerprint density at radius 3 is 2.79 bits per heavy atom. The molecule has 0 bridgehead atoms. The van der Waals surface area contributed by atoms with Crippen LogP contribution < -0.4 is 10.9 Å². The number of rotatable bonds is 8. The molecule has 2 N–H and O–H groups in total. The number of urea groups is 1. The van der Waals surface area contributed by atoms with Gasteiger partial charge in [0.05, 0.1) is 17.4 Å². The maximum Gasteiger partial charge on any atom is 0.317 e. The van der Waals surface area contributed by atoms with Crippen molar-refractivity contribution < 1.29 is 4.79 Å². The van der Waals surface area contributed by atoms with Crippen molar-refractivity contribution in [2.45, 2.75) is 46.1 Å². The van der Waals surface area contributed by atoms with Crippen molar-refractivity contribution in [1.82, 2.24) is 25.1 Å². The van der Waals surface area contributed by atoms with Gasteiger partial charge in [0.2, 0.25) is 0 Å². The molecule has 0 spiro atoms. The molecule has 2 amide bonds. The number of nitrogens with one attached hydrogen (secondary N) is 2. The van der Waals surface area contributed by atoms with Gasteiger partial charge in [0.25, 0.3) is 5.56 Å². The summed E-state index contributed by atoms with van der Waals surface area (Å²) in [5.41, 5.74) is 0.476. The minimum absolute atomic E-state index is 0.116. The Kier molecular flexibility index (Phi) is 7.63. The number of carbonyl (C=O) groups is 1. The van der Waals surface area contributed by atoms with Crippen LogP contribution >= 0.6 is 0 Å². The Balaban J connectivity index is 1.44. The number of benzene rings is 1. The topological polar surface area (TPSA) is 81.3 Å². The van der Waals surface area contributed by atoms with Gasteiger partial charge in [0.15, 0.2) is 0 Å². The maximum absolute atomic E-state index is 12.5. The SMILES string of the molecule is CCN(Cc1nc2ccccc2c(=O)[nH]1)C(=O)NCCCCN1CCC(C)CC1. The van der Waals surface area contributed by atoms with Gasteiger partial charge in [0, 0.05) is 13.1 Å². The highest BCUT2D eigenvalue weighted by Crippen LogP contribution is 2.16. The molecule has 0 aliphatic carbocycles. The van der Waals surface area contributed by atoms with Crippen molar-refractivity contribution in [1.29, 1.82) is 0 Å². The van der Waals surface area contributed by atoms with E-state index in [2.05, 4.69) is 27.1 Å². The van der Waals surface area contributed by atoms with Gasteiger partial charge in [-0.3, -0.25) is 4.79 Å². The van der Waals surface area contributed by atoms with Crippen molar-refractivity contribution in [2.24, 2.45) is 5.92 Å². The van der Waals surface area contributed by atoms with Gasteiger partial charge in [-0.15, -0.1) is 0 Å². The number of unbranched alkanes of at least 4 members (excludes halogenated alkanes) is 1. The van der Waals surface area contributed by atoms with E-state index in [-0.39, 0.29) is 18.1 Å². The molecule has 1 aliphatic heterocycles. The number of piperidine rings is 1. The van der Waals surface area contributed by atoms with Crippen LogP contribution in [0.1, 0.15) is 45.4 Å². The highest BCUT2D eigenvalue weighted by Gasteiger charge is 2.16. The first-order valence-electron chi connectivity index (χ1n) is 10.8. The lowest BCUT2D eigenvalue weighted by Crippen LogP contribution is -2.40. The number of likely N-dealkylation sites (tertiary alicyclic amines) is 1. The van der Waals surface area contributed by atoms with Gasteiger partial charge >= 0.3 is 6.03 Å². The number of amides is 2. The quantitative estimate of drug-likeness (QED) is 0.669. The number of hydrogen-bond acceptors (Lipinski definition) is 4. The third-order valence-electron chi connectivity index (χ3n) is 5.73. The molecule has 0 atom stereocenters. The summed E-state index contributed by atoms with van der Waals surface area (Å²) in [5, 5.41) is 3.56. The highest BCUT2D eigenvalue weighted by molar-refractivity contribution is 5.77. The van der Waals surface area contributed by atoms with Gasteiger partial charge in [-0.05, 0) is 70.3 Å². The Labute approximate surface area is 172 Å². The molecule has 2 aromatic rings. The smallest absolute Gasteiger partial charge is 0.317 e. The van der Waals surface area contributed by atoms with Crippen LogP contribution in [-0.2, 0) is 6.54 Å². The fourth-order valence-corrected chi connectivity index (χ4v) is 3.77. The molecule has 1 saturated heterocycles. The van der Waals surface area contributed by atoms with Crippen LogP contribution in [0.4, 0.5) is 4.79 Å². The zero-order valence-electron chi connectivity index (χ0n) is 17.6. The summed E-state index contributed by atoms with van der Waals surface area (Å²) in [6.45, 7) is 9.28. The molecule has 0 unspecified atom stereocenters. The molecule has 29 heavy (non-hydrogen) atoms. The number of aromatic amines is 1. The molecule has 1 aliphatic rings. The van der Waals surface area contributed by atoms with E-state index >= 15 is 0 Å². The predicted octanol–water partition coefficient (Wildman–Crippen LogP) is 2.97. The minimum atomic E-state index is -0.172. The zero-order chi connectivity index (χ0) is 20.6. The van der Waals surface area contributed by atoms with Crippen LogP contribution in [0, 0.1) is 5.92 Å². The van der Waals surface area contributed by atoms with Crippen molar-refractivity contribution >= 4 is 16.9 Å². The van der Waals surface area contributed by atoms with Crippen LogP contribution in [0.5, 0.6) is 0 Å². The van der Waals surface area contributed by atoms with E-state index in [1.165, 1.54) is 25.9 Å². The lowest BCUT2D eigenvalue weighted by molar-refractivity contribution is 0.187. The number of para-hydroxylation sites is 1. The molecule has 1 aromatic heterocycles. The Hall–Kier alpha value is -2.41. The second-order valence-electron chi connectivity index (χ2n) is 8.01. The summed E-state index contributed by atoms with van der Waals surface area (Å²) in [6, 6.07) is 7.12. The largest absolute Gasteiger partial charge is 0.338 e. The first kappa shape index (κ1) is 21.3. The first-order valence-corrected chi connectivity index (χ1v) is 10.8. The third-order valence-corrected chi connectivity index (χ3v) is 5.73. The summed E-state index contributed by atoms with van der Waals surface area (Å²) in [5.74, 6) is 1.36. The molecular formula is C22H33N5O2. The van der Waals surface area contributed by atoms with Crippen molar-refractivity contribution in [3.63, 3.8) is 0 Å². The van der Waals surface area contributed by atoms with E-state index in [1.807, 2.05) is 25.1 Å². The van der Waals surface area contributed by atoms with Crippen LogP contribution in [0.15, 0.2) is 29.1 Å². The van der Waals surface area contributed by atoms with Gasteiger partial charge in [-0.2, -0.15) is 0 Å². The lowest BCUT2D eigenvalue weighted by atomic mass is 9.99. The van der Waals surface area contributed by atoms with E-state index in [0.29, 0.717) is 29.8 Å². The second kappa shape index (κ2) is 10.4. The predicted molar refractivity (Wildman–Crippen MR) is 116 cm³/mol. The molecule has 0 radical (unpaired) electrons. The monoisotopic (exact) mass is 399 g/mol. The molecule has 1 fully saturated rings. The van der Waals surface area contributed by atoms with Gasteiger partial charge in [0.1, 0.15) is 5.82 Å². The summed E-state index contributed by atoms with van der Waals surface area (Å²) in [6.07, 6.45) is 4.67. The molecule has 3 rings (SSSR count). The number of fused-ring (bicyclic) bond motifs is 1. The third kappa shape index (κ3) is 6.03. The molecule has 2 heterocycles. The van der Waals surface area contributed by atoms with E-state index in [4.69, 9.17) is 0 Å². The standard InChI is InChI=1S/C22H33N5O2/c1-3-27(16-20-24-19-9-5-4-8-18(19)21(28)25-20)22(29)23-12-6-7-13-26-14-10-17(2)11-15-26/h4-5,8-9,17H,3,6-7,10-16H2,1-2H3,(H,23,29)(H,24,25,28). The Morgan fingerprint density at radius 2 is 2.03 bits per heavy atom. The van der Waals surface area contributed by atoms with E-state index in [0.717, 1.165) is 25.3 Å². The summed E-state index contributed by atoms with van der Waals surface area (Å²) in [7, 11) is 0. The number of hydrogen-bond donors (Lipinski definition) is 2. The highest BCUT2D eigenvalue weighted by atomic mass is 16.2. The van der Waals surface area contributed by atoms with Gasteiger partial charge in [-0.1, -0.05) is 19.1 Å². The Bertz CT molecular complexity index is 858. The summed E-state index contributed by atoms with van der Waals surface area (Å²) in [4.78, 5) is 36.2. The Morgan fingerprint density at radius 1 is 1.28 bits per heavy atom. The van der Waals surface area contributed by atoms with Crippen LogP contribution in [0.2, 0.25) is 0 Å². The fourth-order valence-electron chi connectivity index (χ4n) is 3.77. The number of carbonyl (C=O) groups excluding carboxylic acids is 1. The second-order valence-corrected chi connectivity index (χ2v) is 8.01. The average Bonchev–Trinajstić information content (AvgIpc) is 2.73. The van der Waals surface area contributed by atoms with E-state index in [1.54, 1.807) is 11.0 Å². The van der Waals surface area contributed by atoms with Crippen molar-refractivity contribution in [3.05, 3.63) is 40.4 Å². The minimum Gasteiger partial charge on any atom is -0.338 e. The van der Waals surface area contributed by atoms with Crippen LogP contribution in [0.25, 0.3) is 10.9 Å². The van der Waals surface area contributed by atoms with E-state index in [9.17, 15) is 9.59 Å². The maximum atomic E-state index is 12.5.